The molecule has 0 amide bonds. The van der Waals surface area contributed by atoms with Gasteiger partial charge in [-0.25, -0.2) is 0 Å². The second-order valence-corrected chi connectivity index (χ2v) is 5.38. The van der Waals surface area contributed by atoms with Crippen LogP contribution in [0.2, 0.25) is 0 Å². The molecule has 7 nitrogen and oxygen atoms in total. The number of nitro groups is 1. The van der Waals surface area contributed by atoms with Crippen LogP contribution in [-0.4, -0.2) is 60.9 Å². The van der Waals surface area contributed by atoms with E-state index in [-0.39, 0.29) is 30.5 Å². The first-order valence-corrected chi connectivity index (χ1v) is 7.60. The molecule has 1 atom stereocenters. The zero-order chi connectivity index (χ0) is 15.8. The lowest BCUT2D eigenvalue weighted by Gasteiger charge is -2.26. The molecule has 1 saturated heterocycles. The van der Waals surface area contributed by atoms with E-state index >= 15 is 0 Å². The maximum atomic E-state index is 10.6. The van der Waals surface area contributed by atoms with E-state index < -0.39 is 11.0 Å². The molecule has 138 valence electrons. The molecule has 2 N–H and O–H groups in total. The molecule has 0 saturated carbocycles. The van der Waals surface area contributed by atoms with Crippen LogP contribution in [-0.2, 0) is 4.74 Å². The van der Waals surface area contributed by atoms with Gasteiger partial charge in [-0.05, 0) is 37.2 Å². The fourth-order valence-electron chi connectivity index (χ4n) is 2.43. The predicted octanol–water partition coefficient (Wildman–Crippen LogP) is 1.78. The smallest absolute Gasteiger partial charge is 0.269 e. The van der Waals surface area contributed by atoms with Gasteiger partial charge in [-0.3, -0.25) is 15.0 Å². The summed E-state index contributed by atoms with van der Waals surface area (Å²) in [6.45, 7) is 5.92. The first-order chi connectivity index (χ1) is 10.7. The summed E-state index contributed by atoms with van der Waals surface area (Å²) in [4.78, 5) is 12.5. The van der Waals surface area contributed by atoms with Crippen LogP contribution >= 0.6 is 24.8 Å². The van der Waals surface area contributed by atoms with Crippen molar-refractivity contribution in [1.82, 2.24) is 10.2 Å². The monoisotopic (exact) mass is 381 g/mol. The second-order valence-electron chi connectivity index (χ2n) is 5.38. The topological polar surface area (TPSA) is 87.9 Å². The summed E-state index contributed by atoms with van der Waals surface area (Å²) in [6.07, 6.45) is 0.372. The Hall–Kier alpha value is -0.960. The third-order valence-electron chi connectivity index (χ3n) is 3.76. The minimum atomic E-state index is -0.649. The Morgan fingerprint density at radius 1 is 1.25 bits per heavy atom. The Morgan fingerprint density at radius 2 is 1.88 bits per heavy atom. The van der Waals surface area contributed by atoms with E-state index in [0.717, 1.165) is 45.8 Å². The number of morpholine rings is 1. The van der Waals surface area contributed by atoms with E-state index in [0.29, 0.717) is 12.1 Å². The van der Waals surface area contributed by atoms with Crippen LogP contribution in [0.1, 0.15) is 18.1 Å². The lowest BCUT2D eigenvalue weighted by molar-refractivity contribution is -0.384. The van der Waals surface area contributed by atoms with Gasteiger partial charge in [0.25, 0.3) is 5.69 Å². The Bertz CT molecular complexity index is 470. The molecule has 0 radical (unpaired) electrons. The van der Waals surface area contributed by atoms with Crippen molar-refractivity contribution in [2.24, 2.45) is 0 Å². The first-order valence-electron chi connectivity index (χ1n) is 7.60. The zero-order valence-electron chi connectivity index (χ0n) is 13.4. The quantitative estimate of drug-likeness (QED) is 0.405. The number of nitro benzene ring substituents is 1. The molecule has 1 aliphatic heterocycles. The minimum absolute atomic E-state index is 0. The normalized spacial score (nSPS) is 15.9. The number of nitrogens with zero attached hydrogens (tertiary/aromatic N) is 2. The molecule has 1 aromatic rings. The highest BCUT2D eigenvalue weighted by Gasteiger charge is 2.11. The molecule has 0 bridgehead atoms. The number of halogens is 2. The summed E-state index contributed by atoms with van der Waals surface area (Å²) in [5.74, 6) is 0. The number of ether oxygens (including phenoxy) is 1. The molecule has 1 heterocycles. The summed E-state index contributed by atoms with van der Waals surface area (Å²) < 4.78 is 5.30. The van der Waals surface area contributed by atoms with Crippen LogP contribution in [0.3, 0.4) is 0 Å². The maximum Gasteiger partial charge on any atom is 0.269 e. The molecule has 1 unspecified atom stereocenters. The summed E-state index contributed by atoms with van der Waals surface area (Å²) >= 11 is 0. The van der Waals surface area contributed by atoms with E-state index in [9.17, 15) is 15.2 Å². The summed E-state index contributed by atoms with van der Waals surface area (Å²) in [5, 5.41) is 23.8. The molecule has 0 aromatic heterocycles. The van der Waals surface area contributed by atoms with Crippen LogP contribution in [0.4, 0.5) is 5.69 Å². The van der Waals surface area contributed by atoms with E-state index in [2.05, 4.69) is 10.2 Å². The number of non-ortho nitro benzene ring substituents is 1. The Morgan fingerprint density at radius 3 is 2.46 bits per heavy atom. The Kier molecular flexibility index (Phi) is 11.9. The van der Waals surface area contributed by atoms with Crippen LogP contribution in [0.5, 0.6) is 0 Å². The van der Waals surface area contributed by atoms with Crippen molar-refractivity contribution >= 4 is 30.5 Å². The average Bonchev–Trinajstić information content (AvgIpc) is 2.55. The molecular formula is C15H25Cl2N3O4. The fraction of sp³-hybridized carbons (Fsp3) is 0.600. The lowest BCUT2D eigenvalue weighted by atomic mass is 10.1. The highest BCUT2D eigenvalue weighted by Crippen LogP contribution is 2.17. The maximum absolute atomic E-state index is 10.6. The highest BCUT2D eigenvalue weighted by atomic mass is 35.5. The van der Waals surface area contributed by atoms with Gasteiger partial charge in [0.2, 0.25) is 0 Å². The van der Waals surface area contributed by atoms with E-state index in [1.54, 1.807) is 12.1 Å². The second kappa shape index (κ2) is 12.4. The van der Waals surface area contributed by atoms with Crippen molar-refractivity contribution in [3.05, 3.63) is 39.9 Å². The standard InChI is InChI=1S/C15H23N3O4.2ClH/c19-15(13-2-4-14(5-3-13)18(20)21)12-16-6-1-7-17-8-10-22-11-9-17;;/h2-5,15-16,19H,1,6-12H2;2*1H. The number of benzene rings is 1. The van der Waals surface area contributed by atoms with Gasteiger partial charge in [0.05, 0.1) is 24.2 Å². The van der Waals surface area contributed by atoms with Gasteiger partial charge in [0.15, 0.2) is 0 Å². The van der Waals surface area contributed by atoms with Crippen LogP contribution in [0, 0.1) is 10.1 Å². The summed E-state index contributed by atoms with van der Waals surface area (Å²) in [7, 11) is 0. The van der Waals surface area contributed by atoms with Crippen LogP contribution in [0.25, 0.3) is 0 Å². The van der Waals surface area contributed by atoms with Crippen molar-refractivity contribution in [2.45, 2.75) is 12.5 Å². The van der Waals surface area contributed by atoms with Gasteiger partial charge in [-0.1, -0.05) is 0 Å². The third-order valence-corrected chi connectivity index (χ3v) is 3.76. The van der Waals surface area contributed by atoms with E-state index in [4.69, 9.17) is 4.74 Å². The van der Waals surface area contributed by atoms with Gasteiger partial charge in [0.1, 0.15) is 0 Å². The van der Waals surface area contributed by atoms with Crippen LogP contribution < -0.4 is 5.32 Å². The number of hydrogen-bond donors (Lipinski definition) is 2. The lowest BCUT2D eigenvalue weighted by Crippen LogP contribution is -2.37. The largest absolute Gasteiger partial charge is 0.387 e. The van der Waals surface area contributed by atoms with E-state index in [1.165, 1.54) is 12.1 Å². The predicted molar refractivity (Wildman–Crippen MR) is 97.3 cm³/mol. The molecular weight excluding hydrogens is 357 g/mol. The van der Waals surface area contributed by atoms with Gasteiger partial charge in [0, 0.05) is 31.8 Å². The molecule has 9 heteroatoms. The number of rotatable bonds is 8. The van der Waals surface area contributed by atoms with Crippen molar-refractivity contribution < 1.29 is 14.8 Å². The average molecular weight is 382 g/mol. The van der Waals surface area contributed by atoms with Crippen molar-refractivity contribution in [1.29, 1.82) is 0 Å². The number of aliphatic hydroxyl groups excluding tert-OH is 1. The van der Waals surface area contributed by atoms with Gasteiger partial charge >= 0.3 is 0 Å². The minimum Gasteiger partial charge on any atom is -0.387 e. The number of nitrogens with one attached hydrogen (secondary N) is 1. The van der Waals surface area contributed by atoms with Gasteiger partial charge < -0.3 is 15.2 Å². The number of hydrogen-bond acceptors (Lipinski definition) is 6. The van der Waals surface area contributed by atoms with Crippen molar-refractivity contribution in [3.8, 4) is 0 Å². The molecule has 2 rings (SSSR count). The van der Waals surface area contributed by atoms with E-state index in [1.807, 2.05) is 0 Å². The zero-order valence-corrected chi connectivity index (χ0v) is 15.1. The molecule has 0 aliphatic carbocycles. The Balaban J connectivity index is 0.00000264. The third kappa shape index (κ3) is 7.74. The molecule has 1 fully saturated rings. The molecule has 24 heavy (non-hydrogen) atoms. The van der Waals surface area contributed by atoms with Crippen molar-refractivity contribution in [3.63, 3.8) is 0 Å². The van der Waals surface area contributed by atoms with Gasteiger partial charge in [-0.15, -0.1) is 24.8 Å². The fourth-order valence-corrected chi connectivity index (χ4v) is 2.43. The first kappa shape index (κ1) is 23.0. The Labute approximate surface area is 154 Å². The van der Waals surface area contributed by atoms with Crippen LogP contribution in [0.15, 0.2) is 24.3 Å². The van der Waals surface area contributed by atoms with Crippen molar-refractivity contribution in [2.75, 3.05) is 45.9 Å². The molecule has 1 aromatic carbocycles. The number of aliphatic hydroxyl groups is 1. The SMILES string of the molecule is Cl.Cl.O=[N+]([O-])c1ccc(C(O)CNCCCN2CCOCC2)cc1. The summed E-state index contributed by atoms with van der Waals surface area (Å²) in [5.41, 5.74) is 0.723. The van der Waals surface area contributed by atoms with Gasteiger partial charge in [-0.2, -0.15) is 0 Å². The summed E-state index contributed by atoms with van der Waals surface area (Å²) in [6, 6.07) is 6.02. The molecule has 1 aliphatic rings. The molecule has 0 spiro atoms. The highest BCUT2D eigenvalue weighted by molar-refractivity contribution is 5.85.